The molecule has 1 aromatic heterocycles. The number of aromatic nitrogens is 1. The van der Waals surface area contributed by atoms with Crippen molar-refractivity contribution in [3.63, 3.8) is 0 Å². The molecule has 1 aliphatic heterocycles. The van der Waals surface area contributed by atoms with Gasteiger partial charge in [0.2, 0.25) is 11.8 Å². The van der Waals surface area contributed by atoms with Crippen molar-refractivity contribution < 1.29 is 9.59 Å². The average Bonchev–Trinajstić information content (AvgIpc) is 2.65. The number of thioether (sulfide) groups is 1. The lowest BCUT2D eigenvalue weighted by Gasteiger charge is -2.34. The van der Waals surface area contributed by atoms with Crippen molar-refractivity contribution in [2.75, 3.05) is 13.1 Å². The lowest BCUT2D eigenvalue weighted by molar-refractivity contribution is -0.135. The third-order valence-electron chi connectivity index (χ3n) is 5.21. The molecule has 3 rings (SSSR count). The molecular formula is C21H27N3O2S. The number of nitrogens with zero attached hydrogens (tertiary/aromatic N) is 2. The number of hydrogen-bond acceptors (Lipinski definition) is 4. The Kier molecular flexibility index (Phi) is 6.05. The second-order valence-electron chi connectivity index (χ2n) is 7.58. The summed E-state index contributed by atoms with van der Waals surface area (Å²) >= 11 is 1.54. The number of primary amides is 1. The molecule has 0 spiro atoms. The molecule has 0 bridgehead atoms. The minimum absolute atomic E-state index is 0.107. The maximum atomic E-state index is 13.1. The van der Waals surface area contributed by atoms with E-state index >= 15 is 0 Å². The minimum atomic E-state index is -0.257. The number of carbonyl (C=O) groups excluding carboxylic acids is 2. The van der Waals surface area contributed by atoms with E-state index in [1.807, 2.05) is 23.1 Å². The lowest BCUT2D eigenvalue weighted by Crippen LogP contribution is -2.46. The smallest absolute Gasteiger partial charge is 0.236 e. The van der Waals surface area contributed by atoms with Crippen molar-refractivity contribution in [1.82, 2.24) is 9.88 Å². The molecule has 0 saturated carbocycles. The number of rotatable bonds is 5. The molecule has 2 amide bonds. The third kappa shape index (κ3) is 4.43. The second-order valence-corrected chi connectivity index (χ2v) is 8.74. The topological polar surface area (TPSA) is 76.3 Å². The predicted octanol–water partition coefficient (Wildman–Crippen LogP) is 3.38. The minimum Gasteiger partial charge on any atom is -0.369 e. The fraction of sp³-hybridized carbons (Fsp3) is 0.476. The Bertz CT molecular complexity index is 844. The monoisotopic (exact) mass is 385 g/mol. The van der Waals surface area contributed by atoms with Gasteiger partial charge in [-0.25, -0.2) is 4.98 Å². The number of para-hydroxylation sites is 1. The highest BCUT2D eigenvalue weighted by molar-refractivity contribution is 8.00. The maximum Gasteiger partial charge on any atom is 0.236 e. The van der Waals surface area contributed by atoms with Gasteiger partial charge >= 0.3 is 0 Å². The van der Waals surface area contributed by atoms with Crippen LogP contribution in [0.15, 0.2) is 35.4 Å². The molecule has 6 heteroatoms. The molecule has 1 aromatic carbocycles. The Labute approximate surface area is 164 Å². The van der Waals surface area contributed by atoms with E-state index in [0.717, 1.165) is 15.9 Å². The quantitative estimate of drug-likeness (QED) is 0.801. The Balaban J connectivity index is 1.76. The summed E-state index contributed by atoms with van der Waals surface area (Å²) in [5.41, 5.74) is 7.53. The van der Waals surface area contributed by atoms with Crippen LogP contribution in [0.2, 0.25) is 0 Å². The average molecular weight is 386 g/mol. The largest absolute Gasteiger partial charge is 0.369 e. The highest BCUT2D eigenvalue weighted by atomic mass is 32.2. The number of aryl methyl sites for hydroxylation is 1. The van der Waals surface area contributed by atoms with Crippen LogP contribution in [0.1, 0.15) is 32.3 Å². The fourth-order valence-electron chi connectivity index (χ4n) is 3.54. The van der Waals surface area contributed by atoms with E-state index in [1.54, 1.807) is 11.8 Å². The third-order valence-corrected chi connectivity index (χ3v) is 6.66. The molecule has 2 aromatic rings. The van der Waals surface area contributed by atoms with Gasteiger partial charge in [-0.3, -0.25) is 9.59 Å². The molecule has 144 valence electrons. The maximum absolute atomic E-state index is 13.1. The first kappa shape index (κ1) is 19.7. The molecular weight excluding hydrogens is 358 g/mol. The molecule has 0 aliphatic carbocycles. The molecule has 0 radical (unpaired) electrons. The van der Waals surface area contributed by atoms with Crippen molar-refractivity contribution in [3.8, 4) is 0 Å². The molecule has 1 fully saturated rings. The molecule has 2 N–H and O–H groups in total. The van der Waals surface area contributed by atoms with Gasteiger partial charge < -0.3 is 10.6 Å². The summed E-state index contributed by atoms with van der Waals surface area (Å²) in [6.07, 6.45) is 1.31. The summed E-state index contributed by atoms with van der Waals surface area (Å²) in [6, 6.07) is 10.1. The van der Waals surface area contributed by atoms with Gasteiger partial charge in [0.1, 0.15) is 0 Å². The first-order valence-electron chi connectivity index (χ1n) is 9.48. The van der Waals surface area contributed by atoms with Crippen LogP contribution in [0.4, 0.5) is 0 Å². The first-order valence-corrected chi connectivity index (χ1v) is 10.4. The Hall–Kier alpha value is -2.08. The van der Waals surface area contributed by atoms with E-state index in [0.29, 0.717) is 25.9 Å². The van der Waals surface area contributed by atoms with E-state index in [1.165, 1.54) is 5.56 Å². The summed E-state index contributed by atoms with van der Waals surface area (Å²) in [5.74, 6) is -0.0489. The van der Waals surface area contributed by atoms with E-state index in [9.17, 15) is 9.59 Å². The van der Waals surface area contributed by atoms with Crippen molar-refractivity contribution in [1.29, 1.82) is 0 Å². The number of piperidine rings is 1. The van der Waals surface area contributed by atoms with Gasteiger partial charge in [0.05, 0.1) is 15.8 Å². The summed E-state index contributed by atoms with van der Waals surface area (Å²) < 4.78 is 0. The van der Waals surface area contributed by atoms with Crippen molar-refractivity contribution in [3.05, 3.63) is 35.9 Å². The summed E-state index contributed by atoms with van der Waals surface area (Å²) in [4.78, 5) is 31.1. The van der Waals surface area contributed by atoms with E-state index < -0.39 is 0 Å². The van der Waals surface area contributed by atoms with E-state index in [-0.39, 0.29) is 28.9 Å². The Morgan fingerprint density at radius 2 is 1.89 bits per heavy atom. The van der Waals surface area contributed by atoms with Gasteiger partial charge in [-0.15, -0.1) is 0 Å². The van der Waals surface area contributed by atoms with Crippen LogP contribution < -0.4 is 5.73 Å². The van der Waals surface area contributed by atoms with Gasteiger partial charge in [0.15, 0.2) is 0 Å². The highest BCUT2D eigenvalue weighted by Gasteiger charge is 2.32. The van der Waals surface area contributed by atoms with E-state index in [4.69, 9.17) is 10.7 Å². The number of likely N-dealkylation sites (tertiary alicyclic amines) is 1. The van der Waals surface area contributed by atoms with Crippen LogP contribution >= 0.6 is 11.8 Å². The zero-order valence-corrected chi connectivity index (χ0v) is 17.0. The first-order chi connectivity index (χ1) is 12.9. The molecule has 1 aliphatic rings. The summed E-state index contributed by atoms with van der Waals surface area (Å²) in [7, 11) is 0. The Morgan fingerprint density at radius 1 is 1.22 bits per heavy atom. The SMILES string of the molecule is Cc1cc(S[C@H](C(=O)N2CCC(C(N)=O)CC2)C(C)C)nc2ccccc12. The van der Waals surface area contributed by atoms with Crippen LogP contribution in [0, 0.1) is 18.8 Å². The van der Waals surface area contributed by atoms with Gasteiger partial charge in [-0.05, 0) is 43.4 Å². The zero-order chi connectivity index (χ0) is 19.6. The number of fused-ring (bicyclic) bond motifs is 1. The van der Waals surface area contributed by atoms with Crippen LogP contribution in [0.5, 0.6) is 0 Å². The lowest BCUT2D eigenvalue weighted by atomic mass is 9.95. The standard InChI is InChI=1S/C21H27N3O2S/c1-13(2)19(21(26)24-10-8-15(9-11-24)20(22)25)27-18-12-14(3)16-6-4-5-7-17(16)23-18/h4-7,12-13,15,19H,8-11H2,1-3H3,(H2,22,25)/t19-/m0/s1. The molecule has 27 heavy (non-hydrogen) atoms. The molecule has 2 heterocycles. The van der Waals surface area contributed by atoms with Crippen molar-refractivity contribution >= 4 is 34.5 Å². The van der Waals surface area contributed by atoms with Gasteiger partial charge in [0.25, 0.3) is 0 Å². The highest BCUT2D eigenvalue weighted by Crippen LogP contribution is 2.32. The van der Waals surface area contributed by atoms with Gasteiger partial charge in [0, 0.05) is 24.4 Å². The van der Waals surface area contributed by atoms with Gasteiger partial charge in [-0.1, -0.05) is 43.8 Å². The normalized spacial score (nSPS) is 16.7. The van der Waals surface area contributed by atoms with Crippen LogP contribution in [0.3, 0.4) is 0 Å². The number of carbonyl (C=O) groups is 2. The number of benzene rings is 1. The zero-order valence-electron chi connectivity index (χ0n) is 16.1. The van der Waals surface area contributed by atoms with E-state index in [2.05, 4.69) is 32.9 Å². The number of pyridine rings is 1. The fourth-order valence-corrected chi connectivity index (χ4v) is 4.72. The van der Waals surface area contributed by atoms with Crippen LogP contribution in [0.25, 0.3) is 10.9 Å². The molecule has 0 unspecified atom stereocenters. The molecule has 1 saturated heterocycles. The summed E-state index contributed by atoms with van der Waals surface area (Å²) in [5, 5.41) is 1.83. The Morgan fingerprint density at radius 3 is 2.52 bits per heavy atom. The summed E-state index contributed by atoms with van der Waals surface area (Å²) in [6.45, 7) is 7.41. The van der Waals surface area contributed by atoms with Crippen molar-refractivity contribution in [2.24, 2.45) is 17.6 Å². The number of nitrogens with two attached hydrogens (primary N) is 1. The number of hydrogen-bond donors (Lipinski definition) is 1. The van der Waals surface area contributed by atoms with Crippen LogP contribution in [-0.4, -0.2) is 40.0 Å². The van der Waals surface area contributed by atoms with Gasteiger partial charge in [-0.2, -0.15) is 0 Å². The second kappa shape index (κ2) is 8.30. The molecule has 5 nitrogen and oxygen atoms in total. The van der Waals surface area contributed by atoms with Crippen molar-refractivity contribution in [2.45, 2.75) is 43.9 Å². The number of amides is 2. The predicted molar refractivity (Wildman–Crippen MR) is 109 cm³/mol. The van der Waals surface area contributed by atoms with Crippen LogP contribution in [-0.2, 0) is 9.59 Å². The molecule has 1 atom stereocenters.